The molecule has 9 heteroatoms. The van der Waals surface area contributed by atoms with Crippen molar-refractivity contribution < 1.29 is 13.2 Å². The highest BCUT2D eigenvalue weighted by molar-refractivity contribution is 8.26. The summed E-state index contributed by atoms with van der Waals surface area (Å²) in [6, 6.07) is 8.21. The van der Waals surface area contributed by atoms with Gasteiger partial charge in [0.15, 0.2) is 0 Å². The topological polar surface area (TPSA) is 69.7 Å². The fraction of sp³-hybridized carbons (Fsp3) is 0.524. The van der Waals surface area contributed by atoms with E-state index in [4.69, 9.17) is 12.2 Å². The zero-order valence-corrected chi connectivity index (χ0v) is 20.3. The standard InChI is InChI=1S/C21H31N3O3S3/c1-4-6-12-23(13-7-5-2)18-10-8-17(9-11-18)16-19-20(25)24(21(28)29-19)14-15-30(26,27)22-3/h8-11,16,22H,4-7,12-15H2,1-3H3. The fourth-order valence-corrected chi connectivity index (χ4v) is 4.94. The molecule has 0 unspecified atom stereocenters. The number of thiocarbonyl (C=S) groups is 1. The summed E-state index contributed by atoms with van der Waals surface area (Å²) < 4.78 is 25.9. The van der Waals surface area contributed by atoms with Gasteiger partial charge in [0.2, 0.25) is 10.0 Å². The molecule has 1 amide bonds. The molecule has 0 radical (unpaired) electrons. The van der Waals surface area contributed by atoms with Crippen molar-refractivity contribution in [2.45, 2.75) is 39.5 Å². The van der Waals surface area contributed by atoms with Crippen LogP contribution >= 0.6 is 24.0 Å². The first-order chi connectivity index (χ1) is 14.3. The summed E-state index contributed by atoms with van der Waals surface area (Å²) in [6.07, 6.45) is 6.48. The van der Waals surface area contributed by atoms with E-state index in [0.717, 1.165) is 44.3 Å². The number of hydrogen-bond donors (Lipinski definition) is 1. The zero-order valence-electron chi connectivity index (χ0n) is 17.9. The molecule has 1 fully saturated rings. The van der Waals surface area contributed by atoms with E-state index >= 15 is 0 Å². The van der Waals surface area contributed by atoms with Gasteiger partial charge in [-0.25, -0.2) is 13.1 Å². The quantitative estimate of drug-likeness (QED) is 0.370. The average Bonchev–Trinajstić information content (AvgIpc) is 3.00. The van der Waals surface area contributed by atoms with Gasteiger partial charge in [0, 0.05) is 25.3 Å². The third kappa shape index (κ3) is 7.08. The minimum Gasteiger partial charge on any atom is -0.372 e. The molecule has 1 aliphatic rings. The molecule has 6 nitrogen and oxygen atoms in total. The SMILES string of the molecule is CCCCN(CCCC)c1ccc(C=C2SC(=S)N(CCS(=O)(=O)NC)C2=O)cc1. The molecule has 1 aromatic carbocycles. The van der Waals surface area contributed by atoms with E-state index in [0.29, 0.717) is 9.23 Å². The van der Waals surface area contributed by atoms with E-state index in [1.165, 1.54) is 29.4 Å². The van der Waals surface area contributed by atoms with Crippen LogP contribution in [-0.4, -0.2) is 56.0 Å². The molecule has 166 valence electrons. The van der Waals surface area contributed by atoms with Crippen LogP contribution in [0.25, 0.3) is 6.08 Å². The largest absolute Gasteiger partial charge is 0.372 e. The Bertz CT molecular complexity index is 859. The first-order valence-electron chi connectivity index (χ1n) is 10.3. The number of rotatable bonds is 12. The van der Waals surface area contributed by atoms with Gasteiger partial charge in [-0.2, -0.15) is 0 Å². The van der Waals surface area contributed by atoms with E-state index in [1.807, 2.05) is 18.2 Å². The van der Waals surface area contributed by atoms with Crippen LogP contribution in [0.1, 0.15) is 45.1 Å². The molecule has 1 aliphatic heterocycles. The second kappa shape index (κ2) is 11.8. The first kappa shape index (κ1) is 24.8. The van der Waals surface area contributed by atoms with E-state index in [9.17, 15) is 13.2 Å². The van der Waals surface area contributed by atoms with Crippen molar-refractivity contribution in [1.29, 1.82) is 0 Å². The van der Waals surface area contributed by atoms with Gasteiger partial charge >= 0.3 is 0 Å². The lowest BCUT2D eigenvalue weighted by Gasteiger charge is -2.24. The molecule has 30 heavy (non-hydrogen) atoms. The van der Waals surface area contributed by atoms with Crippen molar-refractivity contribution >= 4 is 56.0 Å². The third-order valence-electron chi connectivity index (χ3n) is 4.89. The predicted molar refractivity (Wildman–Crippen MR) is 131 cm³/mol. The minimum atomic E-state index is -3.39. The molecule has 1 heterocycles. The third-order valence-corrected chi connectivity index (χ3v) is 7.61. The Morgan fingerprint density at radius 1 is 1.13 bits per heavy atom. The number of thioether (sulfide) groups is 1. The molecule has 0 saturated carbocycles. The number of hydrogen-bond acceptors (Lipinski definition) is 6. The van der Waals surface area contributed by atoms with Crippen LogP contribution in [0, 0.1) is 0 Å². The maximum absolute atomic E-state index is 12.7. The van der Waals surface area contributed by atoms with Crippen molar-refractivity contribution in [3.63, 3.8) is 0 Å². The second-order valence-corrected chi connectivity index (χ2v) is 10.9. The number of carbonyl (C=O) groups is 1. The van der Waals surface area contributed by atoms with Gasteiger partial charge in [-0.1, -0.05) is 62.8 Å². The zero-order chi connectivity index (χ0) is 22.1. The number of nitrogens with zero attached hydrogens (tertiary/aromatic N) is 2. The fourth-order valence-electron chi connectivity index (χ4n) is 3.01. The Kier molecular flexibility index (Phi) is 9.80. The lowest BCUT2D eigenvalue weighted by Crippen LogP contribution is -2.35. The van der Waals surface area contributed by atoms with E-state index in [1.54, 1.807) is 0 Å². The van der Waals surface area contributed by atoms with Crippen molar-refractivity contribution in [3.05, 3.63) is 34.7 Å². The van der Waals surface area contributed by atoms with Crippen molar-refractivity contribution in [2.24, 2.45) is 0 Å². The number of anilines is 1. The Balaban J connectivity index is 2.09. The summed E-state index contributed by atoms with van der Waals surface area (Å²) in [5, 5.41) is 0. The van der Waals surface area contributed by atoms with Crippen LogP contribution in [0.15, 0.2) is 29.2 Å². The van der Waals surface area contributed by atoms with Crippen LogP contribution in [0.4, 0.5) is 5.69 Å². The van der Waals surface area contributed by atoms with Crippen LogP contribution < -0.4 is 9.62 Å². The highest BCUT2D eigenvalue weighted by Gasteiger charge is 2.32. The summed E-state index contributed by atoms with van der Waals surface area (Å²) in [6.45, 7) is 6.54. The van der Waals surface area contributed by atoms with Crippen LogP contribution in [0.3, 0.4) is 0 Å². The first-order valence-corrected chi connectivity index (χ1v) is 13.2. The van der Waals surface area contributed by atoms with E-state index in [-0.39, 0.29) is 18.2 Å². The van der Waals surface area contributed by atoms with Gasteiger partial charge in [0.05, 0.1) is 10.7 Å². The Labute approximate surface area is 190 Å². The molecule has 1 aromatic rings. The van der Waals surface area contributed by atoms with Gasteiger partial charge in [-0.05, 0) is 43.7 Å². The van der Waals surface area contributed by atoms with Gasteiger partial charge in [0.25, 0.3) is 5.91 Å². The molecule has 0 atom stereocenters. The van der Waals surface area contributed by atoms with Crippen LogP contribution in [0.5, 0.6) is 0 Å². The molecule has 1 saturated heterocycles. The summed E-state index contributed by atoms with van der Waals surface area (Å²) in [5.74, 6) is -0.420. The summed E-state index contributed by atoms with van der Waals surface area (Å²) in [4.78, 5) is 16.9. The molecule has 0 spiro atoms. The van der Waals surface area contributed by atoms with Gasteiger partial charge in [0.1, 0.15) is 4.32 Å². The van der Waals surface area contributed by atoms with Gasteiger partial charge in [-0.15, -0.1) is 0 Å². The van der Waals surface area contributed by atoms with Gasteiger partial charge < -0.3 is 4.90 Å². The maximum atomic E-state index is 12.7. The Morgan fingerprint density at radius 2 is 1.73 bits per heavy atom. The summed E-state index contributed by atoms with van der Waals surface area (Å²) in [7, 11) is -2.04. The Morgan fingerprint density at radius 3 is 2.27 bits per heavy atom. The smallest absolute Gasteiger partial charge is 0.266 e. The normalized spacial score (nSPS) is 16.0. The van der Waals surface area contributed by atoms with Crippen molar-refractivity contribution in [2.75, 3.05) is 37.3 Å². The molecule has 0 aromatic heterocycles. The van der Waals surface area contributed by atoms with Crippen LogP contribution in [0.2, 0.25) is 0 Å². The number of unbranched alkanes of at least 4 members (excludes halogenated alkanes) is 2. The summed E-state index contributed by atoms with van der Waals surface area (Å²) >= 11 is 6.49. The lowest BCUT2D eigenvalue weighted by molar-refractivity contribution is -0.121. The second-order valence-electron chi connectivity index (χ2n) is 7.14. The number of nitrogens with one attached hydrogen (secondary N) is 1. The maximum Gasteiger partial charge on any atom is 0.266 e. The number of carbonyl (C=O) groups excluding carboxylic acids is 1. The molecular formula is C21H31N3O3S3. The molecule has 2 rings (SSSR count). The van der Waals surface area contributed by atoms with Crippen molar-refractivity contribution in [1.82, 2.24) is 9.62 Å². The monoisotopic (exact) mass is 469 g/mol. The number of benzene rings is 1. The highest BCUT2D eigenvalue weighted by Crippen LogP contribution is 2.32. The van der Waals surface area contributed by atoms with Crippen LogP contribution in [-0.2, 0) is 14.8 Å². The Hall–Kier alpha value is -1.42. The molecule has 1 N–H and O–H groups in total. The molecule has 0 aliphatic carbocycles. The molecular weight excluding hydrogens is 438 g/mol. The number of sulfonamides is 1. The van der Waals surface area contributed by atoms with Gasteiger partial charge in [-0.3, -0.25) is 9.69 Å². The van der Waals surface area contributed by atoms with E-state index in [2.05, 4.69) is 35.6 Å². The van der Waals surface area contributed by atoms with Crippen molar-refractivity contribution in [3.8, 4) is 0 Å². The predicted octanol–water partition coefficient (Wildman–Crippen LogP) is 3.84. The highest BCUT2D eigenvalue weighted by atomic mass is 32.2. The molecule has 0 bridgehead atoms. The summed E-state index contributed by atoms with van der Waals surface area (Å²) in [5.41, 5.74) is 2.12. The average molecular weight is 470 g/mol. The number of amides is 1. The minimum absolute atomic E-state index is 0.0495. The lowest BCUT2D eigenvalue weighted by atomic mass is 10.1. The van der Waals surface area contributed by atoms with E-state index < -0.39 is 10.0 Å².